The molecule has 2 nitrogen and oxygen atoms in total. The second kappa shape index (κ2) is 6.20. The minimum Gasteiger partial charge on any atom is -0.465 e. The van der Waals surface area contributed by atoms with Gasteiger partial charge in [-0.2, -0.15) is 0 Å². The van der Waals surface area contributed by atoms with Crippen LogP contribution >= 0.6 is 0 Å². The zero-order chi connectivity index (χ0) is 8.69. The van der Waals surface area contributed by atoms with E-state index in [2.05, 4.69) is 6.92 Å². The molecule has 0 amide bonds. The maximum Gasteiger partial charge on any atom is 0.308 e. The summed E-state index contributed by atoms with van der Waals surface area (Å²) in [5.41, 5.74) is 0. The van der Waals surface area contributed by atoms with Gasteiger partial charge in [0.1, 0.15) is 0 Å². The topological polar surface area (TPSA) is 26.3 Å². The molecule has 0 aliphatic rings. The Labute approximate surface area is 68.9 Å². The number of unbranched alkanes of at least 4 members (excludes halogenated alkanes) is 1. The van der Waals surface area contributed by atoms with Gasteiger partial charge in [-0.05, 0) is 12.8 Å². The third-order valence-electron chi connectivity index (χ3n) is 1.61. The molecule has 1 unspecified atom stereocenters. The van der Waals surface area contributed by atoms with E-state index in [0.717, 1.165) is 12.8 Å². The van der Waals surface area contributed by atoms with E-state index in [1.165, 1.54) is 0 Å². The fourth-order valence-electron chi connectivity index (χ4n) is 0.585. The molecule has 0 fully saturated rings. The maximum atomic E-state index is 11.0. The molecule has 0 spiro atoms. The van der Waals surface area contributed by atoms with Gasteiger partial charge in [0.15, 0.2) is 0 Å². The monoisotopic (exact) mass is 157 g/mol. The van der Waals surface area contributed by atoms with Gasteiger partial charge in [-0.15, -0.1) is 0 Å². The van der Waals surface area contributed by atoms with Crippen LogP contribution in [0.3, 0.4) is 0 Å². The third kappa shape index (κ3) is 4.82. The number of hydrogen-bond donors (Lipinski definition) is 0. The van der Waals surface area contributed by atoms with Crippen molar-refractivity contribution >= 4 is 5.97 Å². The highest BCUT2D eigenvalue weighted by Gasteiger charge is 2.10. The van der Waals surface area contributed by atoms with Crippen LogP contribution < -0.4 is 0 Å². The molecule has 0 heterocycles. The van der Waals surface area contributed by atoms with E-state index in [9.17, 15) is 4.79 Å². The SMILES string of the molecule is C[CH]C(C)C(=O)OCCCC. The molecule has 1 radical (unpaired) electrons. The van der Waals surface area contributed by atoms with Gasteiger partial charge in [-0.3, -0.25) is 4.79 Å². The maximum absolute atomic E-state index is 11.0. The normalized spacial score (nSPS) is 12.6. The highest BCUT2D eigenvalue weighted by molar-refractivity contribution is 5.73. The summed E-state index contributed by atoms with van der Waals surface area (Å²) in [6, 6.07) is 0. The van der Waals surface area contributed by atoms with E-state index < -0.39 is 0 Å². The molecule has 0 saturated heterocycles. The second-order valence-electron chi connectivity index (χ2n) is 2.64. The lowest BCUT2D eigenvalue weighted by Gasteiger charge is -2.07. The molecule has 0 rings (SSSR count). The van der Waals surface area contributed by atoms with E-state index in [1.807, 2.05) is 20.3 Å². The van der Waals surface area contributed by atoms with Crippen molar-refractivity contribution in [3.8, 4) is 0 Å². The van der Waals surface area contributed by atoms with E-state index >= 15 is 0 Å². The number of esters is 1. The van der Waals surface area contributed by atoms with Crippen LogP contribution in [0.1, 0.15) is 33.6 Å². The van der Waals surface area contributed by atoms with E-state index in [1.54, 1.807) is 0 Å². The van der Waals surface area contributed by atoms with Gasteiger partial charge < -0.3 is 4.74 Å². The van der Waals surface area contributed by atoms with Crippen molar-refractivity contribution in [2.75, 3.05) is 6.61 Å². The largest absolute Gasteiger partial charge is 0.465 e. The Hall–Kier alpha value is -0.530. The lowest BCUT2D eigenvalue weighted by molar-refractivity contribution is -0.146. The van der Waals surface area contributed by atoms with Crippen molar-refractivity contribution in [3.63, 3.8) is 0 Å². The molecule has 0 saturated carbocycles. The molecule has 65 valence electrons. The Balaban J connectivity index is 3.36. The minimum absolute atomic E-state index is 0.0631. The number of carbonyl (C=O) groups excluding carboxylic acids is 1. The first-order chi connectivity index (χ1) is 5.22. The molecular weight excluding hydrogens is 140 g/mol. The van der Waals surface area contributed by atoms with Crippen molar-refractivity contribution < 1.29 is 9.53 Å². The van der Waals surface area contributed by atoms with Crippen LogP contribution in [-0.2, 0) is 9.53 Å². The van der Waals surface area contributed by atoms with Crippen LogP contribution in [0.2, 0.25) is 0 Å². The first kappa shape index (κ1) is 10.5. The molecule has 1 atom stereocenters. The van der Waals surface area contributed by atoms with Crippen molar-refractivity contribution in [1.82, 2.24) is 0 Å². The molecular formula is C9H17O2. The van der Waals surface area contributed by atoms with Crippen molar-refractivity contribution in [2.45, 2.75) is 33.6 Å². The molecule has 0 N–H and O–H groups in total. The Kier molecular flexibility index (Phi) is 5.90. The molecule has 0 aliphatic carbocycles. The standard InChI is InChI=1S/C9H17O2/c1-4-6-7-11-9(10)8(3)5-2/h5,8H,4,6-7H2,1-3H3. The van der Waals surface area contributed by atoms with Gasteiger partial charge in [-0.1, -0.05) is 27.2 Å². The van der Waals surface area contributed by atoms with Crippen LogP contribution in [0.25, 0.3) is 0 Å². The number of hydrogen-bond acceptors (Lipinski definition) is 2. The van der Waals surface area contributed by atoms with Crippen molar-refractivity contribution in [2.24, 2.45) is 5.92 Å². The van der Waals surface area contributed by atoms with E-state index in [4.69, 9.17) is 4.74 Å². The molecule has 0 aromatic heterocycles. The number of rotatable bonds is 5. The molecule has 0 aromatic rings. The first-order valence-electron chi connectivity index (χ1n) is 4.18. The van der Waals surface area contributed by atoms with Gasteiger partial charge >= 0.3 is 5.97 Å². The predicted molar refractivity (Wildman–Crippen MR) is 45.0 cm³/mol. The molecule has 0 bridgehead atoms. The zero-order valence-corrected chi connectivity index (χ0v) is 7.59. The lowest BCUT2D eigenvalue weighted by Crippen LogP contribution is -2.14. The number of ether oxygens (including phenoxy) is 1. The summed E-state index contributed by atoms with van der Waals surface area (Å²) in [6.07, 6.45) is 3.87. The quantitative estimate of drug-likeness (QED) is 0.451. The number of carbonyl (C=O) groups is 1. The second-order valence-corrected chi connectivity index (χ2v) is 2.64. The molecule has 0 aromatic carbocycles. The smallest absolute Gasteiger partial charge is 0.308 e. The van der Waals surface area contributed by atoms with Crippen LogP contribution in [0.5, 0.6) is 0 Å². The van der Waals surface area contributed by atoms with E-state index in [-0.39, 0.29) is 11.9 Å². The zero-order valence-electron chi connectivity index (χ0n) is 7.59. The van der Waals surface area contributed by atoms with Crippen LogP contribution in [0, 0.1) is 12.3 Å². The van der Waals surface area contributed by atoms with Gasteiger partial charge in [-0.25, -0.2) is 0 Å². The Morgan fingerprint density at radius 3 is 2.73 bits per heavy atom. The Morgan fingerprint density at radius 2 is 2.27 bits per heavy atom. The summed E-state index contributed by atoms with van der Waals surface area (Å²) < 4.78 is 4.96. The average Bonchev–Trinajstić information content (AvgIpc) is 2.03. The molecule has 11 heavy (non-hydrogen) atoms. The first-order valence-corrected chi connectivity index (χ1v) is 4.18. The fraction of sp³-hybridized carbons (Fsp3) is 0.778. The highest BCUT2D eigenvalue weighted by atomic mass is 16.5. The summed E-state index contributed by atoms with van der Waals surface area (Å²) >= 11 is 0. The summed E-state index contributed by atoms with van der Waals surface area (Å²) in [7, 11) is 0. The third-order valence-corrected chi connectivity index (χ3v) is 1.61. The highest BCUT2D eigenvalue weighted by Crippen LogP contribution is 2.02. The summed E-state index contributed by atoms with van der Waals surface area (Å²) in [5, 5.41) is 0. The van der Waals surface area contributed by atoms with Gasteiger partial charge in [0.2, 0.25) is 0 Å². The Bertz CT molecular complexity index is 110. The summed E-state index contributed by atoms with van der Waals surface area (Å²) in [6.45, 7) is 6.34. The van der Waals surface area contributed by atoms with Crippen molar-refractivity contribution in [1.29, 1.82) is 0 Å². The van der Waals surface area contributed by atoms with Gasteiger partial charge in [0.05, 0.1) is 12.5 Å². The lowest BCUT2D eigenvalue weighted by atomic mass is 10.1. The van der Waals surface area contributed by atoms with Gasteiger partial charge in [0, 0.05) is 0 Å². The van der Waals surface area contributed by atoms with Crippen LogP contribution in [0.4, 0.5) is 0 Å². The Morgan fingerprint density at radius 1 is 1.64 bits per heavy atom. The van der Waals surface area contributed by atoms with Crippen LogP contribution in [0.15, 0.2) is 0 Å². The minimum atomic E-state index is -0.110. The van der Waals surface area contributed by atoms with Crippen LogP contribution in [-0.4, -0.2) is 12.6 Å². The summed E-state index contributed by atoms with van der Waals surface area (Å²) in [4.78, 5) is 11.0. The molecule has 0 aliphatic heterocycles. The fourth-order valence-corrected chi connectivity index (χ4v) is 0.585. The van der Waals surface area contributed by atoms with Crippen molar-refractivity contribution in [3.05, 3.63) is 6.42 Å². The summed E-state index contributed by atoms with van der Waals surface area (Å²) in [5.74, 6) is -0.173. The predicted octanol–water partition coefficient (Wildman–Crippen LogP) is 2.19. The van der Waals surface area contributed by atoms with Gasteiger partial charge in [0.25, 0.3) is 0 Å². The molecule has 2 heteroatoms. The average molecular weight is 157 g/mol. The van der Waals surface area contributed by atoms with E-state index in [0.29, 0.717) is 6.61 Å².